The Bertz CT molecular complexity index is 450. The molecular weight excluding hydrogens is 284 g/mol. The first-order valence-electron chi connectivity index (χ1n) is 7.90. The molecule has 0 aliphatic carbocycles. The third-order valence-corrected chi connectivity index (χ3v) is 4.36. The zero-order valence-corrected chi connectivity index (χ0v) is 14.1. The highest BCUT2D eigenvalue weighted by Crippen LogP contribution is 2.27. The quantitative estimate of drug-likeness (QED) is 0.867. The van der Waals surface area contributed by atoms with E-state index in [2.05, 4.69) is 24.1 Å². The van der Waals surface area contributed by atoms with Crippen molar-refractivity contribution in [2.75, 3.05) is 20.2 Å². The van der Waals surface area contributed by atoms with Crippen LogP contribution in [-0.4, -0.2) is 37.2 Å². The average Bonchev–Trinajstić information content (AvgIpc) is 2.46. The van der Waals surface area contributed by atoms with E-state index in [1.807, 2.05) is 18.2 Å². The van der Waals surface area contributed by atoms with E-state index in [4.69, 9.17) is 16.3 Å². The molecule has 0 amide bonds. The number of piperidine rings is 1. The fourth-order valence-electron chi connectivity index (χ4n) is 2.96. The molecule has 118 valence electrons. The van der Waals surface area contributed by atoms with E-state index in [1.54, 1.807) is 7.11 Å². The van der Waals surface area contributed by atoms with Crippen LogP contribution in [0.2, 0.25) is 5.02 Å². The van der Waals surface area contributed by atoms with Crippen LogP contribution >= 0.6 is 11.6 Å². The van der Waals surface area contributed by atoms with Gasteiger partial charge in [-0.25, -0.2) is 0 Å². The van der Waals surface area contributed by atoms with Gasteiger partial charge in [-0.2, -0.15) is 0 Å². The molecule has 1 aliphatic heterocycles. The molecular formula is C17H27ClN2O. The van der Waals surface area contributed by atoms with E-state index in [1.165, 1.54) is 24.8 Å². The number of nitrogens with zero attached hydrogens (tertiary/aromatic N) is 1. The Labute approximate surface area is 133 Å². The van der Waals surface area contributed by atoms with Gasteiger partial charge in [-0.1, -0.05) is 31.9 Å². The van der Waals surface area contributed by atoms with Crippen LogP contribution in [0, 0.1) is 0 Å². The van der Waals surface area contributed by atoms with Crippen molar-refractivity contribution in [2.45, 2.75) is 51.7 Å². The maximum atomic E-state index is 6.14. The summed E-state index contributed by atoms with van der Waals surface area (Å²) in [5.41, 5.74) is 1.18. The second-order valence-corrected chi connectivity index (χ2v) is 6.58. The highest BCUT2D eigenvalue weighted by Gasteiger charge is 2.23. The van der Waals surface area contributed by atoms with E-state index in [0.29, 0.717) is 12.1 Å². The van der Waals surface area contributed by atoms with Gasteiger partial charge in [0.05, 0.1) is 7.11 Å². The molecule has 0 bridgehead atoms. The maximum Gasteiger partial charge on any atom is 0.123 e. The molecule has 1 unspecified atom stereocenters. The number of halogens is 1. The monoisotopic (exact) mass is 310 g/mol. The molecule has 3 nitrogen and oxygen atoms in total. The van der Waals surface area contributed by atoms with Crippen molar-refractivity contribution in [1.29, 1.82) is 0 Å². The zero-order valence-electron chi connectivity index (χ0n) is 13.4. The molecule has 21 heavy (non-hydrogen) atoms. The topological polar surface area (TPSA) is 24.5 Å². The molecule has 1 heterocycles. The van der Waals surface area contributed by atoms with Gasteiger partial charge >= 0.3 is 0 Å². The Morgan fingerprint density at radius 3 is 2.90 bits per heavy atom. The summed E-state index contributed by atoms with van der Waals surface area (Å²) >= 11 is 6.14. The van der Waals surface area contributed by atoms with Crippen LogP contribution in [0.4, 0.5) is 0 Å². The molecule has 1 atom stereocenters. The Morgan fingerprint density at radius 1 is 1.38 bits per heavy atom. The fraction of sp³-hybridized carbons (Fsp3) is 0.647. The van der Waals surface area contributed by atoms with Crippen LogP contribution in [0.3, 0.4) is 0 Å². The Kier molecular flexibility index (Phi) is 6.34. The lowest BCUT2D eigenvalue weighted by molar-refractivity contribution is 0.134. The molecule has 1 saturated heterocycles. The summed E-state index contributed by atoms with van der Waals surface area (Å²) in [6.07, 6.45) is 3.87. The average molecular weight is 311 g/mol. The van der Waals surface area contributed by atoms with E-state index < -0.39 is 0 Å². The van der Waals surface area contributed by atoms with Gasteiger partial charge in [-0.05, 0) is 37.6 Å². The van der Waals surface area contributed by atoms with Gasteiger partial charge in [0.2, 0.25) is 0 Å². The molecule has 1 aromatic carbocycles. The summed E-state index contributed by atoms with van der Waals surface area (Å²) in [5, 5.41) is 4.35. The van der Waals surface area contributed by atoms with Crippen molar-refractivity contribution >= 4 is 11.6 Å². The number of methoxy groups -OCH3 is 1. The minimum absolute atomic E-state index is 0.537. The molecule has 0 saturated carbocycles. The van der Waals surface area contributed by atoms with E-state index in [0.717, 1.165) is 30.4 Å². The lowest BCUT2D eigenvalue weighted by Gasteiger charge is -2.36. The predicted octanol–water partition coefficient (Wildman–Crippen LogP) is 3.70. The highest BCUT2D eigenvalue weighted by molar-refractivity contribution is 6.30. The molecule has 1 fully saturated rings. The smallest absolute Gasteiger partial charge is 0.123 e. The summed E-state index contributed by atoms with van der Waals surface area (Å²) < 4.78 is 5.47. The normalized spacial score (nSPS) is 20.0. The minimum atomic E-state index is 0.537. The van der Waals surface area contributed by atoms with E-state index >= 15 is 0 Å². The summed E-state index contributed by atoms with van der Waals surface area (Å²) in [4.78, 5) is 2.56. The Balaban J connectivity index is 2.06. The highest BCUT2D eigenvalue weighted by atomic mass is 35.5. The standard InChI is InChI=1S/C17H27ClN2O/c1-13(2)19-11-16-6-4-5-9-20(16)12-14-10-15(18)7-8-17(14)21-3/h7-8,10,13,16,19H,4-6,9,11-12H2,1-3H3. The summed E-state index contributed by atoms with van der Waals surface area (Å²) in [6.45, 7) is 7.52. The first-order chi connectivity index (χ1) is 10.1. The number of benzene rings is 1. The van der Waals surface area contributed by atoms with Crippen LogP contribution in [0.1, 0.15) is 38.7 Å². The molecule has 1 aromatic rings. The van der Waals surface area contributed by atoms with Gasteiger partial charge in [0.1, 0.15) is 5.75 Å². The molecule has 0 aromatic heterocycles. The van der Waals surface area contributed by atoms with Crippen molar-refractivity contribution in [3.8, 4) is 5.75 Å². The zero-order chi connectivity index (χ0) is 15.2. The van der Waals surface area contributed by atoms with Crippen LogP contribution in [-0.2, 0) is 6.54 Å². The molecule has 4 heteroatoms. The SMILES string of the molecule is COc1ccc(Cl)cc1CN1CCCCC1CNC(C)C. The molecule has 1 N–H and O–H groups in total. The molecule has 0 spiro atoms. The Hall–Kier alpha value is -0.770. The largest absolute Gasteiger partial charge is 0.496 e. The number of rotatable bonds is 6. The third-order valence-electron chi connectivity index (χ3n) is 4.13. The molecule has 1 aliphatic rings. The van der Waals surface area contributed by atoms with Crippen LogP contribution < -0.4 is 10.1 Å². The van der Waals surface area contributed by atoms with Crippen molar-refractivity contribution in [2.24, 2.45) is 0 Å². The first-order valence-corrected chi connectivity index (χ1v) is 8.27. The first kappa shape index (κ1) is 16.6. The predicted molar refractivity (Wildman–Crippen MR) is 89.2 cm³/mol. The van der Waals surface area contributed by atoms with Gasteiger partial charge in [0, 0.05) is 35.8 Å². The van der Waals surface area contributed by atoms with Crippen LogP contribution in [0.15, 0.2) is 18.2 Å². The maximum absolute atomic E-state index is 6.14. The second kappa shape index (κ2) is 8.02. The second-order valence-electron chi connectivity index (χ2n) is 6.14. The Morgan fingerprint density at radius 2 is 2.19 bits per heavy atom. The number of hydrogen-bond donors (Lipinski definition) is 1. The number of hydrogen-bond acceptors (Lipinski definition) is 3. The van der Waals surface area contributed by atoms with E-state index in [-0.39, 0.29) is 0 Å². The lowest BCUT2D eigenvalue weighted by Crippen LogP contribution is -2.46. The number of nitrogens with one attached hydrogen (secondary N) is 1. The fourth-order valence-corrected chi connectivity index (χ4v) is 3.16. The van der Waals surface area contributed by atoms with Crippen LogP contribution in [0.5, 0.6) is 5.75 Å². The molecule has 2 rings (SSSR count). The van der Waals surface area contributed by atoms with E-state index in [9.17, 15) is 0 Å². The number of likely N-dealkylation sites (tertiary alicyclic amines) is 1. The minimum Gasteiger partial charge on any atom is -0.496 e. The lowest BCUT2D eigenvalue weighted by atomic mass is 10.0. The summed E-state index contributed by atoms with van der Waals surface area (Å²) in [6, 6.07) is 7.02. The van der Waals surface area contributed by atoms with Gasteiger partial charge in [0.15, 0.2) is 0 Å². The van der Waals surface area contributed by atoms with Crippen molar-refractivity contribution in [1.82, 2.24) is 10.2 Å². The number of ether oxygens (including phenoxy) is 1. The van der Waals surface area contributed by atoms with Gasteiger partial charge in [-0.3, -0.25) is 4.90 Å². The summed E-state index contributed by atoms with van der Waals surface area (Å²) in [5.74, 6) is 0.931. The third kappa shape index (κ3) is 4.87. The van der Waals surface area contributed by atoms with Gasteiger partial charge in [-0.15, -0.1) is 0 Å². The molecule has 0 radical (unpaired) electrons. The van der Waals surface area contributed by atoms with Crippen LogP contribution in [0.25, 0.3) is 0 Å². The van der Waals surface area contributed by atoms with Crippen molar-refractivity contribution in [3.63, 3.8) is 0 Å². The van der Waals surface area contributed by atoms with Crippen molar-refractivity contribution in [3.05, 3.63) is 28.8 Å². The van der Waals surface area contributed by atoms with Gasteiger partial charge in [0.25, 0.3) is 0 Å². The summed E-state index contributed by atoms with van der Waals surface area (Å²) in [7, 11) is 1.72. The van der Waals surface area contributed by atoms with Crippen molar-refractivity contribution < 1.29 is 4.74 Å². The van der Waals surface area contributed by atoms with Gasteiger partial charge < -0.3 is 10.1 Å².